The smallest absolute Gasteiger partial charge is 0.255 e. The quantitative estimate of drug-likeness (QED) is 0.453. The van der Waals surface area contributed by atoms with Gasteiger partial charge in [0.2, 0.25) is 5.91 Å². The molecule has 0 aromatic heterocycles. The van der Waals surface area contributed by atoms with Crippen molar-refractivity contribution in [3.05, 3.63) is 95.6 Å². The second-order valence-corrected chi connectivity index (χ2v) is 8.11. The Bertz CT molecular complexity index is 1130. The molecule has 0 aliphatic carbocycles. The number of hydrogen-bond acceptors (Lipinski definition) is 4. The zero-order valence-electron chi connectivity index (χ0n) is 19.5. The monoisotopic (exact) mass is 459 g/mol. The van der Waals surface area contributed by atoms with Crippen LogP contribution in [0.4, 0.5) is 5.69 Å². The Balaban J connectivity index is 1.79. The maximum Gasteiger partial charge on any atom is 0.255 e. The highest BCUT2D eigenvalue weighted by molar-refractivity contribution is 6.09. The highest BCUT2D eigenvalue weighted by Gasteiger charge is 2.24. The van der Waals surface area contributed by atoms with Gasteiger partial charge in [0.25, 0.3) is 11.8 Å². The molecule has 0 heterocycles. The first-order valence-corrected chi connectivity index (χ1v) is 11.1. The van der Waals surface area contributed by atoms with Crippen molar-refractivity contribution in [2.45, 2.75) is 32.4 Å². The lowest BCUT2D eigenvalue weighted by molar-refractivity contribution is -0.123. The first-order valence-electron chi connectivity index (χ1n) is 11.1. The van der Waals surface area contributed by atoms with Crippen LogP contribution in [0.2, 0.25) is 0 Å². The van der Waals surface area contributed by atoms with E-state index in [2.05, 4.69) is 16.0 Å². The van der Waals surface area contributed by atoms with Gasteiger partial charge in [0.15, 0.2) is 0 Å². The van der Waals surface area contributed by atoms with Gasteiger partial charge >= 0.3 is 0 Å². The minimum Gasteiger partial charge on any atom is -0.497 e. The topological polar surface area (TPSA) is 96.5 Å². The van der Waals surface area contributed by atoms with E-state index < -0.39 is 11.9 Å². The molecule has 7 heteroatoms. The lowest BCUT2D eigenvalue weighted by Crippen LogP contribution is -2.49. The summed E-state index contributed by atoms with van der Waals surface area (Å²) in [5, 5.41) is 8.49. The van der Waals surface area contributed by atoms with Crippen LogP contribution in [-0.4, -0.2) is 36.9 Å². The molecule has 0 saturated carbocycles. The number of para-hydroxylation sites is 1. The van der Waals surface area contributed by atoms with Crippen molar-refractivity contribution in [1.29, 1.82) is 0 Å². The van der Waals surface area contributed by atoms with Crippen molar-refractivity contribution in [1.82, 2.24) is 10.6 Å². The molecule has 0 fully saturated rings. The zero-order valence-corrected chi connectivity index (χ0v) is 19.5. The van der Waals surface area contributed by atoms with E-state index in [1.165, 1.54) is 0 Å². The summed E-state index contributed by atoms with van der Waals surface area (Å²) in [6.45, 7) is 3.73. The first kappa shape index (κ1) is 24.5. The molecular formula is C27H29N3O4. The van der Waals surface area contributed by atoms with Gasteiger partial charge in [-0.05, 0) is 55.8 Å². The fourth-order valence-electron chi connectivity index (χ4n) is 3.41. The maximum absolute atomic E-state index is 13.2. The largest absolute Gasteiger partial charge is 0.497 e. The second-order valence-electron chi connectivity index (χ2n) is 8.11. The molecular weight excluding hydrogens is 430 g/mol. The average Bonchev–Trinajstić information content (AvgIpc) is 2.84. The van der Waals surface area contributed by atoms with Crippen LogP contribution in [0.15, 0.2) is 78.9 Å². The average molecular weight is 460 g/mol. The van der Waals surface area contributed by atoms with Crippen LogP contribution in [0.25, 0.3) is 0 Å². The van der Waals surface area contributed by atoms with E-state index in [0.29, 0.717) is 23.4 Å². The van der Waals surface area contributed by atoms with Gasteiger partial charge in [-0.25, -0.2) is 0 Å². The molecule has 3 aromatic rings. The van der Waals surface area contributed by atoms with Gasteiger partial charge in [-0.1, -0.05) is 42.5 Å². The highest BCUT2D eigenvalue weighted by Crippen LogP contribution is 2.18. The number of benzene rings is 3. The number of amides is 3. The second kappa shape index (κ2) is 11.7. The van der Waals surface area contributed by atoms with Crippen LogP contribution >= 0.6 is 0 Å². The molecule has 34 heavy (non-hydrogen) atoms. The molecule has 3 rings (SSSR count). The van der Waals surface area contributed by atoms with Crippen LogP contribution in [0.5, 0.6) is 5.75 Å². The van der Waals surface area contributed by atoms with Crippen molar-refractivity contribution < 1.29 is 19.1 Å². The predicted octanol–water partition coefficient (Wildman–Crippen LogP) is 3.81. The van der Waals surface area contributed by atoms with Gasteiger partial charge < -0.3 is 20.7 Å². The minimum absolute atomic E-state index is 0.0706. The summed E-state index contributed by atoms with van der Waals surface area (Å²) in [4.78, 5) is 38.8. The van der Waals surface area contributed by atoms with Gasteiger partial charge in [-0.3, -0.25) is 14.4 Å². The molecule has 0 aliphatic heterocycles. The summed E-state index contributed by atoms with van der Waals surface area (Å²) in [5.41, 5.74) is 1.96. The minimum atomic E-state index is -0.775. The Morgan fingerprint density at radius 3 is 2.09 bits per heavy atom. The summed E-state index contributed by atoms with van der Waals surface area (Å²) in [6.07, 6.45) is 0.339. The molecule has 3 amide bonds. The van der Waals surface area contributed by atoms with Crippen LogP contribution in [0.1, 0.15) is 40.1 Å². The number of carbonyl (C=O) groups excluding carboxylic acids is 3. The summed E-state index contributed by atoms with van der Waals surface area (Å²) >= 11 is 0. The van der Waals surface area contributed by atoms with Crippen LogP contribution in [-0.2, 0) is 11.2 Å². The zero-order chi connectivity index (χ0) is 24.5. The van der Waals surface area contributed by atoms with Crippen molar-refractivity contribution in [2.75, 3.05) is 12.4 Å². The van der Waals surface area contributed by atoms with Gasteiger partial charge in [-0.15, -0.1) is 0 Å². The molecule has 0 aliphatic rings. The van der Waals surface area contributed by atoms with E-state index in [1.807, 2.05) is 44.2 Å². The van der Waals surface area contributed by atoms with Crippen molar-refractivity contribution >= 4 is 23.4 Å². The normalized spacial score (nSPS) is 11.4. The number of anilines is 1. The number of rotatable bonds is 9. The fourth-order valence-corrected chi connectivity index (χ4v) is 3.41. The Kier molecular flexibility index (Phi) is 8.40. The van der Waals surface area contributed by atoms with Crippen LogP contribution < -0.4 is 20.7 Å². The molecule has 0 bridgehead atoms. The van der Waals surface area contributed by atoms with Crippen molar-refractivity contribution in [3.63, 3.8) is 0 Å². The molecule has 0 saturated heterocycles. The van der Waals surface area contributed by atoms with Crippen LogP contribution in [0, 0.1) is 0 Å². The van der Waals surface area contributed by atoms with Gasteiger partial charge in [-0.2, -0.15) is 0 Å². The van der Waals surface area contributed by atoms with Crippen molar-refractivity contribution in [3.8, 4) is 5.75 Å². The SMILES string of the molecule is COc1ccc(C(=O)Nc2ccccc2C(=O)NC(Cc2ccccc2)C(=O)NC(C)C)cc1. The summed E-state index contributed by atoms with van der Waals surface area (Å²) in [6, 6.07) is 22.0. The molecule has 0 spiro atoms. The molecule has 0 radical (unpaired) electrons. The van der Waals surface area contributed by atoms with Crippen LogP contribution in [0.3, 0.4) is 0 Å². The van der Waals surface area contributed by atoms with Gasteiger partial charge in [0.05, 0.1) is 18.4 Å². The third-order valence-corrected chi connectivity index (χ3v) is 5.11. The summed E-state index contributed by atoms with van der Waals surface area (Å²) < 4.78 is 5.12. The van der Waals surface area contributed by atoms with E-state index >= 15 is 0 Å². The van der Waals surface area contributed by atoms with Gasteiger partial charge in [0.1, 0.15) is 11.8 Å². The van der Waals surface area contributed by atoms with Crippen molar-refractivity contribution in [2.24, 2.45) is 0 Å². The number of methoxy groups -OCH3 is 1. The Hall–Kier alpha value is -4.13. The number of carbonyl (C=O) groups is 3. The predicted molar refractivity (Wildman–Crippen MR) is 132 cm³/mol. The summed E-state index contributed by atoms with van der Waals surface area (Å²) in [7, 11) is 1.55. The molecule has 7 nitrogen and oxygen atoms in total. The highest BCUT2D eigenvalue weighted by atomic mass is 16.5. The summed E-state index contributed by atoms with van der Waals surface area (Å²) in [5.74, 6) is -0.445. The molecule has 3 aromatic carbocycles. The molecule has 1 unspecified atom stereocenters. The fraction of sp³-hybridized carbons (Fsp3) is 0.222. The van der Waals surface area contributed by atoms with Gasteiger partial charge in [0, 0.05) is 18.0 Å². The van der Waals surface area contributed by atoms with E-state index in [1.54, 1.807) is 55.6 Å². The maximum atomic E-state index is 13.2. The Morgan fingerprint density at radius 2 is 1.44 bits per heavy atom. The Morgan fingerprint density at radius 1 is 0.794 bits per heavy atom. The third kappa shape index (κ3) is 6.68. The standard InChI is InChI=1S/C27H29N3O4/c1-18(2)28-27(33)24(17-19-9-5-4-6-10-19)30-26(32)22-11-7-8-12-23(22)29-25(31)20-13-15-21(34-3)16-14-20/h4-16,18,24H,17H2,1-3H3,(H,28,33)(H,29,31)(H,30,32). The lowest BCUT2D eigenvalue weighted by atomic mass is 10.0. The van der Waals surface area contributed by atoms with E-state index in [-0.39, 0.29) is 23.4 Å². The van der Waals surface area contributed by atoms with E-state index in [4.69, 9.17) is 4.74 Å². The Labute approximate surface area is 199 Å². The third-order valence-electron chi connectivity index (χ3n) is 5.11. The molecule has 176 valence electrons. The molecule has 1 atom stereocenters. The molecule has 3 N–H and O–H groups in total. The lowest BCUT2D eigenvalue weighted by Gasteiger charge is -2.21. The number of nitrogens with one attached hydrogen (secondary N) is 3. The number of hydrogen-bond donors (Lipinski definition) is 3. The van der Waals surface area contributed by atoms with E-state index in [0.717, 1.165) is 5.56 Å². The first-order chi connectivity index (χ1) is 16.4. The number of ether oxygens (including phenoxy) is 1. The van der Waals surface area contributed by atoms with E-state index in [9.17, 15) is 14.4 Å².